The quantitative estimate of drug-likeness (QED) is 0.796. The third kappa shape index (κ3) is 2.99. The number of alkyl halides is 3. The monoisotopic (exact) mass is 370 g/mol. The number of carbonyl (C=O) groups is 3. The van der Waals surface area contributed by atoms with E-state index in [-0.39, 0.29) is 5.56 Å². The van der Waals surface area contributed by atoms with Gasteiger partial charge in [0.2, 0.25) is 0 Å². The molecule has 2 N–H and O–H groups in total. The smallest absolute Gasteiger partial charge is 0.314 e. The van der Waals surface area contributed by atoms with E-state index in [1.165, 1.54) is 24.5 Å². The molecule has 1 aliphatic carbocycles. The number of halogens is 3. The van der Waals surface area contributed by atoms with Crippen LogP contribution in [-0.4, -0.2) is 45.6 Å². The highest BCUT2D eigenvalue weighted by molar-refractivity contribution is 6.10. The number of imide groups is 1. The molecule has 4 amide bonds. The third-order valence-electron chi connectivity index (χ3n) is 4.66. The first kappa shape index (κ1) is 18.2. The summed E-state index contributed by atoms with van der Waals surface area (Å²) in [5.74, 6) is -2.63. The predicted molar refractivity (Wildman–Crippen MR) is 82.7 cm³/mol. The van der Waals surface area contributed by atoms with Crippen LogP contribution in [0.4, 0.5) is 18.0 Å². The standard InChI is InChI=1S/C16H17F3N4O3/c17-16(18,19)15(21-12(24)10-6-8-20-9-7-10)13(25)23(14(26)22-15)11-4-2-1-3-5-11/h6-9,11H,1-5H2,(H,21,24)(H,22,26)/t15-/m0/s1. The number of rotatable bonds is 3. The summed E-state index contributed by atoms with van der Waals surface area (Å²) in [5.41, 5.74) is -3.58. The molecule has 1 aliphatic heterocycles. The molecule has 0 unspecified atom stereocenters. The molecule has 7 nitrogen and oxygen atoms in total. The molecular weight excluding hydrogens is 353 g/mol. The summed E-state index contributed by atoms with van der Waals surface area (Å²) in [6.45, 7) is 0. The lowest BCUT2D eigenvalue weighted by Crippen LogP contribution is -2.69. The van der Waals surface area contributed by atoms with Gasteiger partial charge in [0, 0.05) is 24.0 Å². The van der Waals surface area contributed by atoms with Gasteiger partial charge in [-0.2, -0.15) is 13.2 Å². The van der Waals surface area contributed by atoms with Crippen molar-refractivity contribution in [2.45, 2.75) is 50.0 Å². The topological polar surface area (TPSA) is 91.4 Å². The van der Waals surface area contributed by atoms with Crippen LogP contribution in [0.25, 0.3) is 0 Å². The fourth-order valence-electron chi connectivity index (χ4n) is 3.31. The van der Waals surface area contributed by atoms with Gasteiger partial charge in [-0.25, -0.2) is 4.79 Å². The summed E-state index contributed by atoms with van der Waals surface area (Å²) in [6.07, 6.45) is 0.525. The number of nitrogens with one attached hydrogen (secondary N) is 2. The molecule has 0 bridgehead atoms. The van der Waals surface area contributed by atoms with Crippen molar-refractivity contribution in [3.8, 4) is 0 Å². The Balaban J connectivity index is 1.92. The number of pyridine rings is 1. The van der Waals surface area contributed by atoms with Crippen molar-refractivity contribution < 1.29 is 27.6 Å². The maximum atomic E-state index is 13.8. The minimum Gasteiger partial charge on any atom is -0.314 e. The summed E-state index contributed by atoms with van der Waals surface area (Å²) < 4.78 is 41.3. The Kier molecular flexibility index (Phi) is 4.59. The maximum Gasteiger partial charge on any atom is 0.440 e. The van der Waals surface area contributed by atoms with Crippen molar-refractivity contribution in [3.63, 3.8) is 0 Å². The van der Waals surface area contributed by atoms with Gasteiger partial charge in [-0.1, -0.05) is 19.3 Å². The highest BCUT2D eigenvalue weighted by atomic mass is 19.4. The van der Waals surface area contributed by atoms with Gasteiger partial charge in [0.25, 0.3) is 17.5 Å². The SMILES string of the molecule is O=C(N[C@]1(C(F)(F)F)NC(=O)N(C2CCCCC2)C1=O)c1ccncc1. The molecule has 1 aromatic heterocycles. The zero-order chi connectivity index (χ0) is 18.9. The number of carbonyl (C=O) groups excluding carboxylic acids is 3. The first-order valence-electron chi connectivity index (χ1n) is 8.21. The van der Waals surface area contributed by atoms with Crippen LogP contribution in [0.3, 0.4) is 0 Å². The van der Waals surface area contributed by atoms with Crippen LogP contribution in [-0.2, 0) is 4.79 Å². The molecule has 2 aliphatic rings. The van der Waals surface area contributed by atoms with Gasteiger partial charge < -0.3 is 5.32 Å². The number of amides is 4. The van der Waals surface area contributed by atoms with E-state index in [2.05, 4.69) is 4.98 Å². The van der Waals surface area contributed by atoms with Crippen LogP contribution < -0.4 is 10.6 Å². The van der Waals surface area contributed by atoms with E-state index < -0.39 is 35.7 Å². The van der Waals surface area contributed by atoms with E-state index in [1.807, 2.05) is 0 Å². The van der Waals surface area contributed by atoms with Crippen molar-refractivity contribution >= 4 is 17.8 Å². The Morgan fingerprint density at radius 3 is 2.38 bits per heavy atom. The molecule has 2 heterocycles. The Bertz CT molecular complexity index is 719. The van der Waals surface area contributed by atoms with Crippen LogP contribution in [0, 0.1) is 0 Å². The summed E-state index contributed by atoms with van der Waals surface area (Å²) in [5, 5.41) is 3.35. The van der Waals surface area contributed by atoms with Gasteiger partial charge in [-0.15, -0.1) is 0 Å². The van der Waals surface area contributed by atoms with Gasteiger partial charge in [0.05, 0.1) is 0 Å². The second-order valence-electron chi connectivity index (χ2n) is 6.33. The van der Waals surface area contributed by atoms with Crippen LogP contribution in [0.15, 0.2) is 24.5 Å². The number of aromatic nitrogens is 1. The van der Waals surface area contributed by atoms with Gasteiger partial charge >= 0.3 is 12.2 Å². The van der Waals surface area contributed by atoms with E-state index >= 15 is 0 Å². The van der Waals surface area contributed by atoms with Gasteiger partial charge in [0.1, 0.15) is 0 Å². The largest absolute Gasteiger partial charge is 0.440 e. The predicted octanol–water partition coefficient (Wildman–Crippen LogP) is 1.95. The molecule has 0 aromatic carbocycles. The molecule has 10 heteroatoms. The third-order valence-corrected chi connectivity index (χ3v) is 4.66. The lowest BCUT2D eigenvalue weighted by molar-refractivity contribution is -0.200. The molecule has 1 saturated heterocycles. The van der Waals surface area contributed by atoms with Crippen molar-refractivity contribution in [1.82, 2.24) is 20.5 Å². The Morgan fingerprint density at radius 2 is 1.81 bits per heavy atom. The molecule has 3 rings (SSSR count). The van der Waals surface area contributed by atoms with Crippen LogP contribution in [0.5, 0.6) is 0 Å². The van der Waals surface area contributed by atoms with Crippen LogP contribution >= 0.6 is 0 Å². The molecule has 140 valence electrons. The molecule has 0 radical (unpaired) electrons. The minimum absolute atomic E-state index is 0.109. The van der Waals surface area contributed by atoms with Crippen molar-refractivity contribution in [2.75, 3.05) is 0 Å². The lowest BCUT2D eigenvalue weighted by Gasteiger charge is -2.32. The van der Waals surface area contributed by atoms with E-state index in [0.29, 0.717) is 17.7 Å². The molecule has 26 heavy (non-hydrogen) atoms. The summed E-state index contributed by atoms with van der Waals surface area (Å²) >= 11 is 0. The first-order chi connectivity index (χ1) is 12.3. The molecule has 2 fully saturated rings. The maximum absolute atomic E-state index is 13.8. The summed E-state index contributed by atoms with van der Waals surface area (Å²) in [4.78, 5) is 41.4. The fourth-order valence-corrected chi connectivity index (χ4v) is 3.31. The van der Waals surface area contributed by atoms with E-state index in [1.54, 1.807) is 10.6 Å². The highest BCUT2D eigenvalue weighted by Crippen LogP contribution is 2.36. The van der Waals surface area contributed by atoms with Gasteiger partial charge in [0.15, 0.2) is 0 Å². The van der Waals surface area contributed by atoms with E-state index in [9.17, 15) is 27.6 Å². The van der Waals surface area contributed by atoms with Gasteiger partial charge in [-0.3, -0.25) is 24.8 Å². The Morgan fingerprint density at radius 1 is 1.19 bits per heavy atom. The zero-order valence-corrected chi connectivity index (χ0v) is 13.7. The highest BCUT2D eigenvalue weighted by Gasteiger charge is 2.69. The van der Waals surface area contributed by atoms with Crippen molar-refractivity contribution in [2.24, 2.45) is 0 Å². The average molecular weight is 370 g/mol. The van der Waals surface area contributed by atoms with Crippen LogP contribution in [0.1, 0.15) is 42.5 Å². The zero-order valence-electron chi connectivity index (χ0n) is 13.7. The summed E-state index contributed by atoms with van der Waals surface area (Å²) in [7, 11) is 0. The first-order valence-corrected chi connectivity index (χ1v) is 8.21. The lowest BCUT2D eigenvalue weighted by atomic mass is 9.94. The molecule has 0 spiro atoms. The molecular formula is C16H17F3N4O3. The van der Waals surface area contributed by atoms with Crippen molar-refractivity contribution in [1.29, 1.82) is 0 Å². The number of nitrogens with zero attached hydrogens (tertiary/aromatic N) is 2. The molecule has 1 aromatic rings. The number of hydrogen-bond acceptors (Lipinski definition) is 4. The molecule has 1 atom stereocenters. The van der Waals surface area contributed by atoms with Crippen molar-refractivity contribution in [3.05, 3.63) is 30.1 Å². The second-order valence-corrected chi connectivity index (χ2v) is 6.33. The Labute approximate surface area is 146 Å². The number of urea groups is 1. The van der Waals surface area contributed by atoms with E-state index in [0.717, 1.165) is 19.3 Å². The second kappa shape index (κ2) is 6.58. The fraction of sp³-hybridized carbons (Fsp3) is 0.500. The summed E-state index contributed by atoms with van der Waals surface area (Å²) in [6, 6.07) is 0.673. The van der Waals surface area contributed by atoms with E-state index in [4.69, 9.17) is 0 Å². The Hall–Kier alpha value is -2.65. The average Bonchev–Trinajstić information content (AvgIpc) is 2.87. The molecule has 1 saturated carbocycles. The van der Waals surface area contributed by atoms with Gasteiger partial charge in [-0.05, 0) is 25.0 Å². The normalized spacial score (nSPS) is 24.5. The van der Waals surface area contributed by atoms with Crippen LogP contribution in [0.2, 0.25) is 0 Å². The minimum atomic E-state index is -5.20. The number of hydrogen-bond donors (Lipinski definition) is 2.